The first-order valence-corrected chi connectivity index (χ1v) is 7.25. The number of ether oxygens (including phenoxy) is 1. The highest BCUT2D eigenvalue weighted by Crippen LogP contribution is 2.17. The monoisotopic (exact) mass is 263 g/mol. The second-order valence-corrected chi connectivity index (χ2v) is 6.30. The fraction of sp³-hybridized carbons (Fsp3) is 0.647. The van der Waals surface area contributed by atoms with Crippen LogP contribution in [0.25, 0.3) is 0 Å². The molecule has 1 unspecified atom stereocenters. The Labute approximate surface area is 118 Å². The average Bonchev–Trinajstić information content (AvgIpc) is 2.30. The molecule has 0 aliphatic carbocycles. The summed E-state index contributed by atoms with van der Waals surface area (Å²) in [5.74, 6) is 0.633. The van der Waals surface area contributed by atoms with E-state index in [2.05, 4.69) is 57.3 Å². The predicted octanol–water partition coefficient (Wildman–Crippen LogP) is 3.58. The smallest absolute Gasteiger partial charge is 0.0598 e. The molecule has 0 aromatic heterocycles. The Morgan fingerprint density at radius 3 is 2.47 bits per heavy atom. The Kier molecular flexibility index (Phi) is 6.53. The second kappa shape index (κ2) is 7.66. The predicted molar refractivity (Wildman–Crippen MR) is 82.6 cm³/mol. The van der Waals surface area contributed by atoms with Gasteiger partial charge < -0.3 is 10.1 Å². The third-order valence-corrected chi connectivity index (χ3v) is 3.32. The first-order valence-electron chi connectivity index (χ1n) is 7.25. The largest absolute Gasteiger partial charge is 0.376 e. The standard InChI is InChI=1S/C17H29NO/c1-14-8-6-7-9-16(14)12-15(13-18-5)10-11-19-17(2,3)4/h6-9,15,18H,10-13H2,1-5H3. The molecule has 2 nitrogen and oxygen atoms in total. The number of nitrogens with one attached hydrogen (secondary N) is 1. The van der Waals surface area contributed by atoms with Crippen LogP contribution >= 0.6 is 0 Å². The van der Waals surface area contributed by atoms with Crippen molar-refractivity contribution in [1.82, 2.24) is 5.32 Å². The van der Waals surface area contributed by atoms with Crippen molar-refractivity contribution < 1.29 is 4.74 Å². The van der Waals surface area contributed by atoms with Gasteiger partial charge in [-0.15, -0.1) is 0 Å². The Balaban J connectivity index is 2.51. The van der Waals surface area contributed by atoms with Crippen molar-refractivity contribution in [2.45, 2.75) is 46.1 Å². The molecule has 0 amide bonds. The molecule has 0 aliphatic rings. The summed E-state index contributed by atoms with van der Waals surface area (Å²) >= 11 is 0. The molecule has 0 radical (unpaired) electrons. The zero-order valence-electron chi connectivity index (χ0n) is 13.1. The van der Waals surface area contributed by atoms with Crippen molar-refractivity contribution in [2.75, 3.05) is 20.2 Å². The maximum atomic E-state index is 5.85. The summed E-state index contributed by atoms with van der Waals surface area (Å²) in [5, 5.41) is 3.30. The minimum atomic E-state index is -0.0349. The van der Waals surface area contributed by atoms with Crippen LogP contribution in [0.15, 0.2) is 24.3 Å². The molecular formula is C17H29NO. The molecule has 0 saturated heterocycles. The molecular weight excluding hydrogens is 234 g/mol. The van der Waals surface area contributed by atoms with E-state index in [1.165, 1.54) is 11.1 Å². The van der Waals surface area contributed by atoms with Crippen molar-refractivity contribution >= 4 is 0 Å². The van der Waals surface area contributed by atoms with E-state index in [1.54, 1.807) is 0 Å². The number of benzene rings is 1. The minimum absolute atomic E-state index is 0.0349. The van der Waals surface area contributed by atoms with E-state index in [4.69, 9.17) is 4.74 Å². The summed E-state index contributed by atoms with van der Waals surface area (Å²) in [7, 11) is 2.02. The highest BCUT2D eigenvalue weighted by molar-refractivity contribution is 5.25. The highest BCUT2D eigenvalue weighted by Gasteiger charge is 2.14. The normalized spacial score (nSPS) is 13.5. The van der Waals surface area contributed by atoms with Gasteiger partial charge in [-0.1, -0.05) is 24.3 Å². The summed E-state index contributed by atoms with van der Waals surface area (Å²) in [6.07, 6.45) is 2.23. The molecule has 0 fully saturated rings. The van der Waals surface area contributed by atoms with Gasteiger partial charge in [0.2, 0.25) is 0 Å². The Bertz CT molecular complexity index is 368. The molecule has 0 saturated carbocycles. The average molecular weight is 263 g/mol. The minimum Gasteiger partial charge on any atom is -0.376 e. The molecule has 1 aromatic rings. The van der Waals surface area contributed by atoms with E-state index >= 15 is 0 Å². The van der Waals surface area contributed by atoms with Crippen molar-refractivity contribution in [1.29, 1.82) is 0 Å². The Morgan fingerprint density at radius 2 is 1.89 bits per heavy atom. The van der Waals surface area contributed by atoms with Gasteiger partial charge in [-0.05, 0) is 71.2 Å². The van der Waals surface area contributed by atoms with Crippen molar-refractivity contribution in [2.24, 2.45) is 5.92 Å². The molecule has 0 spiro atoms. The fourth-order valence-electron chi connectivity index (χ4n) is 2.25. The fourth-order valence-corrected chi connectivity index (χ4v) is 2.25. The van der Waals surface area contributed by atoms with Crippen LogP contribution in [0, 0.1) is 12.8 Å². The lowest BCUT2D eigenvalue weighted by atomic mass is 9.94. The van der Waals surface area contributed by atoms with E-state index in [0.29, 0.717) is 5.92 Å². The SMILES string of the molecule is CNCC(CCOC(C)(C)C)Cc1ccccc1C. The third-order valence-electron chi connectivity index (χ3n) is 3.32. The van der Waals surface area contributed by atoms with E-state index in [-0.39, 0.29) is 5.60 Å². The molecule has 1 N–H and O–H groups in total. The van der Waals surface area contributed by atoms with Gasteiger partial charge in [0.25, 0.3) is 0 Å². The molecule has 0 bridgehead atoms. The van der Waals surface area contributed by atoms with E-state index < -0.39 is 0 Å². The van der Waals surface area contributed by atoms with E-state index in [1.807, 2.05) is 7.05 Å². The van der Waals surface area contributed by atoms with Gasteiger partial charge in [-0.25, -0.2) is 0 Å². The lowest BCUT2D eigenvalue weighted by molar-refractivity contribution is -0.00913. The summed E-state index contributed by atoms with van der Waals surface area (Å²) in [6, 6.07) is 8.67. The van der Waals surface area contributed by atoms with Gasteiger partial charge in [0.1, 0.15) is 0 Å². The maximum Gasteiger partial charge on any atom is 0.0598 e. The van der Waals surface area contributed by atoms with Crippen LogP contribution in [0.2, 0.25) is 0 Å². The molecule has 19 heavy (non-hydrogen) atoms. The van der Waals surface area contributed by atoms with Gasteiger partial charge in [-0.2, -0.15) is 0 Å². The topological polar surface area (TPSA) is 21.3 Å². The summed E-state index contributed by atoms with van der Waals surface area (Å²) in [4.78, 5) is 0. The molecule has 1 rings (SSSR count). The lowest BCUT2D eigenvalue weighted by Gasteiger charge is -2.23. The second-order valence-electron chi connectivity index (χ2n) is 6.30. The molecule has 0 aliphatic heterocycles. The van der Waals surface area contributed by atoms with Gasteiger partial charge in [0.15, 0.2) is 0 Å². The maximum absolute atomic E-state index is 5.85. The summed E-state index contributed by atoms with van der Waals surface area (Å²) in [6.45, 7) is 10.4. The van der Waals surface area contributed by atoms with Gasteiger partial charge in [0, 0.05) is 6.61 Å². The van der Waals surface area contributed by atoms with Crippen LogP contribution in [0.4, 0.5) is 0 Å². The van der Waals surface area contributed by atoms with Crippen LogP contribution in [0.1, 0.15) is 38.3 Å². The highest BCUT2D eigenvalue weighted by atomic mass is 16.5. The van der Waals surface area contributed by atoms with E-state index in [0.717, 1.165) is 26.0 Å². The Morgan fingerprint density at radius 1 is 1.21 bits per heavy atom. The lowest BCUT2D eigenvalue weighted by Crippen LogP contribution is -2.25. The number of hydrogen-bond donors (Lipinski definition) is 1. The number of rotatable bonds is 7. The van der Waals surface area contributed by atoms with Crippen molar-refractivity contribution in [3.63, 3.8) is 0 Å². The van der Waals surface area contributed by atoms with Gasteiger partial charge in [0.05, 0.1) is 5.60 Å². The van der Waals surface area contributed by atoms with Crippen LogP contribution in [-0.4, -0.2) is 25.8 Å². The molecule has 0 heterocycles. The zero-order valence-corrected chi connectivity index (χ0v) is 13.1. The molecule has 2 heteroatoms. The molecule has 108 valence electrons. The van der Waals surface area contributed by atoms with Gasteiger partial charge in [-0.3, -0.25) is 0 Å². The Hall–Kier alpha value is -0.860. The number of aryl methyl sites for hydroxylation is 1. The first-order chi connectivity index (χ1) is 8.92. The first kappa shape index (κ1) is 16.2. The van der Waals surface area contributed by atoms with Crippen LogP contribution in [-0.2, 0) is 11.2 Å². The summed E-state index contributed by atoms with van der Waals surface area (Å²) < 4.78 is 5.85. The molecule has 1 atom stereocenters. The molecule has 1 aromatic carbocycles. The summed E-state index contributed by atoms with van der Waals surface area (Å²) in [5.41, 5.74) is 2.81. The quantitative estimate of drug-likeness (QED) is 0.812. The van der Waals surface area contributed by atoms with Crippen molar-refractivity contribution in [3.05, 3.63) is 35.4 Å². The van der Waals surface area contributed by atoms with Crippen LogP contribution < -0.4 is 5.32 Å². The zero-order chi connectivity index (χ0) is 14.3. The van der Waals surface area contributed by atoms with E-state index in [9.17, 15) is 0 Å². The number of hydrogen-bond acceptors (Lipinski definition) is 2. The third kappa shape index (κ3) is 6.74. The van der Waals surface area contributed by atoms with Gasteiger partial charge >= 0.3 is 0 Å². The van der Waals surface area contributed by atoms with Crippen LogP contribution in [0.3, 0.4) is 0 Å². The van der Waals surface area contributed by atoms with Crippen LogP contribution in [0.5, 0.6) is 0 Å². The van der Waals surface area contributed by atoms with Crippen molar-refractivity contribution in [3.8, 4) is 0 Å².